The van der Waals surface area contributed by atoms with Crippen LogP contribution < -0.4 is 0 Å². The van der Waals surface area contributed by atoms with Crippen LogP contribution in [0, 0.1) is 5.92 Å². The van der Waals surface area contributed by atoms with Gasteiger partial charge in [-0.25, -0.2) is 0 Å². The van der Waals surface area contributed by atoms with Gasteiger partial charge in [-0.2, -0.15) is 0 Å². The highest BCUT2D eigenvalue weighted by atomic mass is 79.9. The first-order chi connectivity index (χ1) is 9.08. The molecule has 1 aliphatic carbocycles. The minimum atomic E-state index is -0.752. The molecule has 0 saturated heterocycles. The first-order valence-electron chi connectivity index (χ1n) is 7.23. The Morgan fingerprint density at radius 3 is 2.53 bits per heavy atom. The number of aliphatic hydroxyl groups is 1. The first kappa shape index (κ1) is 14.8. The largest absolute Gasteiger partial charge is 0.385 e. The van der Waals surface area contributed by atoms with E-state index in [1.807, 2.05) is 31.2 Å². The molecule has 1 aliphatic rings. The molecular weight excluding hydrogens is 300 g/mol. The first-order valence-corrected chi connectivity index (χ1v) is 8.02. The van der Waals surface area contributed by atoms with Gasteiger partial charge in [0.2, 0.25) is 0 Å². The zero-order valence-corrected chi connectivity index (χ0v) is 13.2. The number of hydrogen-bond acceptors (Lipinski definition) is 1. The van der Waals surface area contributed by atoms with Crippen LogP contribution in [0.2, 0.25) is 0 Å². The molecule has 0 amide bonds. The molecule has 1 aromatic rings. The maximum Gasteiger partial charge on any atom is 0.0935 e. The predicted molar refractivity (Wildman–Crippen MR) is 85.2 cm³/mol. The predicted octanol–water partition coefficient (Wildman–Crippen LogP) is 5.14. The summed E-state index contributed by atoms with van der Waals surface area (Å²) in [4.78, 5) is 0. The Hall–Kier alpha value is -0.600. The third-order valence-corrected chi connectivity index (χ3v) is 5.10. The van der Waals surface area contributed by atoms with E-state index in [9.17, 15) is 5.11 Å². The van der Waals surface area contributed by atoms with Crippen molar-refractivity contribution in [2.24, 2.45) is 5.92 Å². The summed E-state index contributed by atoms with van der Waals surface area (Å²) in [7, 11) is 0. The molecule has 1 fully saturated rings. The lowest BCUT2D eigenvalue weighted by atomic mass is 9.81. The van der Waals surface area contributed by atoms with Crippen molar-refractivity contribution in [2.75, 3.05) is 0 Å². The normalized spacial score (nSPS) is 21.1. The lowest BCUT2D eigenvalue weighted by molar-refractivity contribution is 0.0715. The van der Waals surface area contributed by atoms with E-state index in [1.165, 1.54) is 32.1 Å². The van der Waals surface area contributed by atoms with Crippen molar-refractivity contribution >= 4 is 22.0 Å². The molecule has 0 radical (unpaired) electrons. The highest BCUT2D eigenvalue weighted by Gasteiger charge is 2.29. The molecule has 0 unspecified atom stereocenters. The summed E-state index contributed by atoms with van der Waals surface area (Å²) in [6.45, 7) is 1.92. The van der Waals surface area contributed by atoms with Gasteiger partial charge in [-0.15, -0.1) is 0 Å². The third-order valence-electron chi connectivity index (χ3n) is 4.02. The molecule has 1 aromatic carbocycles. The Bertz CT molecular complexity index is 416. The van der Waals surface area contributed by atoms with Crippen molar-refractivity contribution in [1.29, 1.82) is 0 Å². The Kier molecular flexibility index (Phi) is 5.23. The fraction of sp³-hybridized carbons (Fsp3) is 0.529. The van der Waals surface area contributed by atoms with E-state index in [0.29, 0.717) is 5.92 Å². The van der Waals surface area contributed by atoms with Crippen LogP contribution in [0.15, 0.2) is 34.8 Å². The number of halogens is 1. The molecular formula is C17H23BrO. The van der Waals surface area contributed by atoms with Gasteiger partial charge in [0.05, 0.1) is 5.60 Å². The summed E-state index contributed by atoms with van der Waals surface area (Å²) in [6, 6.07) is 10.1. The quantitative estimate of drug-likeness (QED) is 0.813. The summed E-state index contributed by atoms with van der Waals surface area (Å²) in [6.07, 6.45) is 9.42. The molecule has 1 saturated carbocycles. The van der Waals surface area contributed by atoms with Crippen molar-refractivity contribution in [3.63, 3.8) is 0 Å². The third kappa shape index (κ3) is 4.47. The maximum atomic E-state index is 10.7. The van der Waals surface area contributed by atoms with Gasteiger partial charge in [0.15, 0.2) is 0 Å². The van der Waals surface area contributed by atoms with Crippen LogP contribution in [0.1, 0.15) is 51.0 Å². The molecule has 0 bridgehead atoms. The topological polar surface area (TPSA) is 20.2 Å². The number of benzene rings is 1. The minimum Gasteiger partial charge on any atom is -0.385 e. The molecule has 1 atom stereocenters. The van der Waals surface area contributed by atoms with Crippen molar-refractivity contribution in [3.8, 4) is 0 Å². The van der Waals surface area contributed by atoms with Crippen LogP contribution in [0.3, 0.4) is 0 Å². The van der Waals surface area contributed by atoms with E-state index in [2.05, 4.69) is 28.1 Å². The molecule has 0 aromatic heterocycles. The highest BCUT2D eigenvalue weighted by Crippen LogP contribution is 2.36. The molecule has 104 valence electrons. The van der Waals surface area contributed by atoms with E-state index < -0.39 is 5.60 Å². The summed E-state index contributed by atoms with van der Waals surface area (Å²) in [5, 5.41) is 10.7. The van der Waals surface area contributed by atoms with Gasteiger partial charge >= 0.3 is 0 Å². The second kappa shape index (κ2) is 6.71. The van der Waals surface area contributed by atoms with Gasteiger partial charge in [0.25, 0.3) is 0 Å². The van der Waals surface area contributed by atoms with Gasteiger partial charge in [0, 0.05) is 4.48 Å². The van der Waals surface area contributed by atoms with E-state index in [0.717, 1.165) is 16.5 Å². The molecule has 0 heterocycles. The Morgan fingerprint density at radius 2 is 1.89 bits per heavy atom. The molecule has 1 nitrogen and oxygen atoms in total. The van der Waals surface area contributed by atoms with E-state index >= 15 is 0 Å². The second-order valence-electron chi connectivity index (χ2n) is 5.88. The van der Waals surface area contributed by atoms with Crippen LogP contribution in [-0.2, 0) is 0 Å². The Morgan fingerprint density at radius 1 is 1.26 bits per heavy atom. The molecule has 2 rings (SSSR count). The molecule has 0 spiro atoms. The van der Waals surface area contributed by atoms with Crippen LogP contribution in [0.4, 0.5) is 0 Å². The Labute approximate surface area is 124 Å². The van der Waals surface area contributed by atoms with Crippen molar-refractivity contribution in [2.45, 2.75) is 51.0 Å². The SMILES string of the molecule is C[C@@](O)(CC1CCCCC1)/C(Br)=C/c1ccccc1. The fourth-order valence-electron chi connectivity index (χ4n) is 2.90. The van der Waals surface area contributed by atoms with Gasteiger partial charge in [-0.3, -0.25) is 0 Å². The summed E-state index contributed by atoms with van der Waals surface area (Å²) < 4.78 is 0.886. The Balaban J connectivity index is 2.03. The van der Waals surface area contributed by atoms with E-state index in [1.54, 1.807) is 0 Å². The lowest BCUT2D eigenvalue weighted by Crippen LogP contribution is -2.28. The zero-order chi connectivity index (χ0) is 13.7. The van der Waals surface area contributed by atoms with E-state index in [4.69, 9.17) is 0 Å². The van der Waals surface area contributed by atoms with Crippen LogP contribution in [0.5, 0.6) is 0 Å². The second-order valence-corrected chi connectivity index (χ2v) is 6.74. The van der Waals surface area contributed by atoms with Crippen molar-refractivity contribution in [1.82, 2.24) is 0 Å². The summed E-state index contributed by atoms with van der Waals surface area (Å²) in [5.41, 5.74) is 0.371. The van der Waals surface area contributed by atoms with Crippen LogP contribution in [0.25, 0.3) is 6.08 Å². The lowest BCUT2D eigenvalue weighted by Gasteiger charge is -2.30. The molecule has 1 N–H and O–H groups in total. The molecule has 19 heavy (non-hydrogen) atoms. The standard InChI is InChI=1S/C17H23BrO/c1-17(19,13-15-10-6-3-7-11-15)16(18)12-14-8-4-2-5-9-14/h2,4-5,8-9,12,15,19H,3,6-7,10-11,13H2,1H3/b16-12-/t17-/m1/s1. The van der Waals surface area contributed by atoms with Crippen molar-refractivity contribution in [3.05, 3.63) is 40.4 Å². The number of rotatable bonds is 4. The fourth-order valence-corrected chi connectivity index (χ4v) is 3.33. The number of hydrogen-bond donors (Lipinski definition) is 1. The smallest absolute Gasteiger partial charge is 0.0935 e. The monoisotopic (exact) mass is 322 g/mol. The van der Waals surface area contributed by atoms with Gasteiger partial charge in [-0.05, 0) is 30.9 Å². The molecule has 0 aliphatic heterocycles. The average Bonchev–Trinajstić information content (AvgIpc) is 2.40. The van der Waals surface area contributed by atoms with Crippen LogP contribution in [-0.4, -0.2) is 10.7 Å². The van der Waals surface area contributed by atoms with Crippen LogP contribution >= 0.6 is 15.9 Å². The molecule has 2 heteroatoms. The average molecular weight is 323 g/mol. The highest BCUT2D eigenvalue weighted by molar-refractivity contribution is 9.11. The maximum absolute atomic E-state index is 10.7. The summed E-state index contributed by atoms with van der Waals surface area (Å²) in [5.74, 6) is 0.667. The van der Waals surface area contributed by atoms with Gasteiger partial charge in [-0.1, -0.05) is 78.4 Å². The van der Waals surface area contributed by atoms with E-state index in [-0.39, 0.29) is 0 Å². The van der Waals surface area contributed by atoms with Crippen molar-refractivity contribution < 1.29 is 5.11 Å². The van der Waals surface area contributed by atoms with Gasteiger partial charge < -0.3 is 5.11 Å². The summed E-state index contributed by atoms with van der Waals surface area (Å²) >= 11 is 3.57. The van der Waals surface area contributed by atoms with Gasteiger partial charge in [0.1, 0.15) is 0 Å². The zero-order valence-electron chi connectivity index (χ0n) is 11.6. The minimum absolute atomic E-state index is 0.667.